The minimum absolute atomic E-state index is 0.0938. The van der Waals surface area contributed by atoms with Crippen molar-refractivity contribution in [3.05, 3.63) is 157 Å². The first-order valence-electron chi connectivity index (χ1n) is 12.3. The molecule has 5 rings (SSSR count). The average Bonchev–Trinajstić information content (AvgIpc) is 2.97. The van der Waals surface area contributed by atoms with Gasteiger partial charge in [-0.05, 0) is 35.0 Å². The molecule has 0 aliphatic rings. The first-order valence-corrected chi connectivity index (χ1v) is 15.6. The van der Waals surface area contributed by atoms with E-state index in [2.05, 4.69) is 0 Å². The van der Waals surface area contributed by atoms with Gasteiger partial charge < -0.3 is 0 Å². The summed E-state index contributed by atoms with van der Waals surface area (Å²) in [6, 6.07) is 44.2. The number of hydrogen-bond acceptors (Lipinski definition) is 3. The van der Waals surface area contributed by atoms with Crippen molar-refractivity contribution in [2.24, 2.45) is 0 Å². The summed E-state index contributed by atoms with van der Waals surface area (Å²) >= 11 is 0. The number of carbonyl (C=O) groups is 1. The third-order valence-corrected chi connectivity index (χ3v) is 13.7. The van der Waals surface area contributed by atoms with Gasteiger partial charge in [0.25, 0.3) is 0 Å². The van der Waals surface area contributed by atoms with Gasteiger partial charge in [0.2, 0.25) is 15.6 Å². The van der Waals surface area contributed by atoms with Crippen LogP contribution in [0.15, 0.2) is 150 Å². The largest absolute Gasteiger partial charge is 0.288 e. The molecule has 0 unspecified atom stereocenters. The first kappa shape index (κ1) is 25.7. The standard InChI is InChI=1S/C33H27O3PS/c1-26-22-24-31(25-23-26)38(35,36)33(32(34)27-14-6-2-7-15-27)37(28-16-8-3-9-17-28,29-18-10-4-11-19-29)30-20-12-5-13-21-30/h2-25H,1H3. The van der Waals surface area contributed by atoms with Crippen LogP contribution in [0.2, 0.25) is 0 Å². The van der Waals surface area contributed by atoms with Gasteiger partial charge in [-0.2, -0.15) is 0 Å². The Bertz CT molecular complexity index is 1610. The van der Waals surface area contributed by atoms with Crippen LogP contribution in [0.3, 0.4) is 0 Å². The Morgan fingerprint density at radius 1 is 0.526 bits per heavy atom. The lowest BCUT2D eigenvalue weighted by molar-refractivity contribution is 0.107. The van der Waals surface area contributed by atoms with Crippen LogP contribution in [-0.4, -0.2) is 18.8 Å². The Hall–Kier alpha value is -3.98. The van der Waals surface area contributed by atoms with Crippen LogP contribution in [-0.2, 0) is 9.84 Å². The minimum atomic E-state index is -4.25. The van der Waals surface area contributed by atoms with E-state index < -0.39 is 22.5 Å². The molecule has 0 aliphatic heterocycles. The zero-order valence-electron chi connectivity index (χ0n) is 20.9. The van der Waals surface area contributed by atoms with Crippen molar-refractivity contribution in [2.45, 2.75) is 11.8 Å². The van der Waals surface area contributed by atoms with Gasteiger partial charge in [-0.15, -0.1) is 0 Å². The molecule has 0 saturated carbocycles. The molecule has 0 aromatic heterocycles. The number of carbonyl (C=O) groups excluding carboxylic acids is 1. The highest BCUT2D eigenvalue weighted by Crippen LogP contribution is 2.49. The summed E-state index contributed by atoms with van der Waals surface area (Å²) in [4.78, 5) is 14.7. The minimum Gasteiger partial charge on any atom is -0.288 e. The maximum atomic E-state index is 14.8. The molecule has 0 bridgehead atoms. The second kappa shape index (κ2) is 10.8. The van der Waals surface area contributed by atoms with Crippen LogP contribution >= 0.6 is 6.89 Å². The van der Waals surface area contributed by atoms with Crippen molar-refractivity contribution in [3.8, 4) is 0 Å². The molecule has 188 valence electrons. The van der Waals surface area contributed by atoms with Crippen molar-refractivity contribution < 1.29 is 13.2 Å². The van der Waals surface area contributed by atoms with E-state index in [0.717, 1.165) is 21.5 Å². The van der Waals surface area contributed by atoms with Crippen molar-refractivity contribution in [3.63, 3.8) is 0 Å². The fourth-order valence-corrected chi connectivity index (χ4v) is 12.4. The molecule has 0 atom stereocenters. The molecular weight excluding hydrogens is 507 g/mol. The van der Waals surface area contributed by atoms with Crippen LogP contribution in [0.4, 0.5) is 0 Å². The number of aryl methyl sites for hydroxylation is 1. The van der Waals surface area contributed by atoms with Crippen LogP contribution in [0.1, 0.15) is 15.9 Å². The molecular formula is C33H27O3PS. The van der Waals surface area contributed by atoms with Gasteiger partial charge in [-0.3, -0.25) is 4.79 Å². The maximum Gasteiger partial charge on any atom is 0.211 e. The van der Waals surface area contributed by atoms with Crippen LogP contribution in [0, 0.1) is 6.92 Å². The summed E-state index contributed by atoms with van der Waals surface area (Å²) in [7, 11) is -4.25. The van der Waals surface area contributed by atoms with Gasteiger partial charge in [0.1, 0.15) is 4.63 Å². The third-order valence-electron chi connectivity index (χ3n) is 6.55. The number of Topliss-reactive ketones (excluding diaryl/α,β-unsaturated/α-hetero) is 1. The van der Waals surface area contributed by atoms with Gasteiger partial charge in [0, 0.05) is 12.4 Å². The second-order valence-corrected chi connectivity index (χ2v) is 14.5. The van der Waals surface area contributed by atoms with Crippen LogP contribution in [0.5, 0.6) is 0 Å². The predicted molar refractivity (Wildman–Crippen MR) is 159 cm³/mol. The van der Waals surface area contributed by atoms with E-state index in [1.54, 1.807) is 48.5 Å². The average molecular weight is 535 g/mol. The van der Waals surface area contributed by atoms with E-state index in [1.165, 1.54) is 0 Å². The highest BCUT2D eigenvalue weighted by Gasteiger charge is 2.41. The zero-order chi connectivity index (χ0) is 26.6. The molecule has 0 N–H and O–H groups in total. The number of rotatable bonds is 7. The molecule has 38 heavy (non-hydrogen) atoms. The monoisotopic (exact) mass is 534 g/mol. The fourth-order valence-electron chi connectivity index (χ4n) is 4.75. The molecule has 5 heteroatoms. The molecule has 0 heterocycles. The Morgan fingerprint density at radius 3 is 1.29 bits per heavy atom. The van der Waals surface area contributed by atoms with E-state index in [-0.39, 0.29) is 9.52 Å². The Labute approximate surface area is 224 Å². The van der Waals surface area contributed by atoms with Crippen molar-refractivity contribution in [1.29, 1.82) is 0 Å². The van der Waals surface area contributed by atoms with Crippen LogP contribution in [0.25, 0.3) is 0 Å². The molecule has 5 aromatic carbocycles. The van der Waals surface area contributed by atoms with Gasteiger partial charge in [0.05, 0.1) is 4.90 Å². The van der Waals surface area contributed by atoms with E-state index in [1.807, 2.05) is 104 Å². The summed E-state index contributed by atoms with van der Waals surface area (Å²) < 4.78 is 29.5. The molecule has 0 radical (unpaired) electrons. The van der Waals surface area contributed by atoms with Gasteiger partial charge in [-0.25, -0.2) is 8.42 Å². The van der Waals surface area contributed by atoms with E-state index in [0.29, 0.717) is 5.56 Å². The normalized spacial score (nSPS) is 11.6. The lowest BCUT2D eigenvalue weighted by Gasteiger charge is -2.32. The predicted octanol–water partition coefficient (Wildman–Crippen LogP) is 5.78. The molecule has 3 nitrogen and oxygen atoms in total. The number of benzene rings is 5. The summed E-state index contributed by atoms with van der Waals surface area (Å²) in [6.07, 6.45) is 0. The highest BCUT2D eigenvalue weighted by atomic mass is 32.2. The Balaban J connectivity index is 2.08. The van der Waals surface area contributed by atoms with Crippen LogP contribution < -0.4 is 15.9 Å². The van der Waals surface area contributed by atoms with Crippen molar-refractivity contribution in [2.75, 3.05) is 0 Å². The summed E-state index contributed by atoms with van der Waals surface area (Å²) in [5.74, 6) is -0.490. The fraction of sp³-hybridized carbons (Fsp3) is 0.0303. The SMILES string of the molecule is Cc1ccc(S(=O)(=O)C(C(=O)c2ccccc2)=P(c2ccccc2)(c2ccccc2)c2ccccc2)cc1. The molecule has 0 saturated heterocycles. The highest BCUT2D eigenvalue weighted by molar-refractivity contribution is 8.22. The van der Waals surface area contributed by atoms with E-state index in [9.17, 15) is 13.2 Å². The smallest absolute Gasteiger partial charge is 0.211 e. The Kier molecular flexibility index (Phi) is 7.28. The van der Waals surface area contributed by atoms with Gasteiger partial charge in [-0.1, -0.05) is 139 Å². The van der Waals surface area contributed by atoms with Crippen molar-refractivity contribution >= 4 is 43.0 Å². The zero-order valence-corrected chi connectivity index (χ0v) is 22.6. The lowest BCUT2D eigenvalue weighted by Crippen LogP contribution is -2.37. The molecule has 0 fully saturated rings. The summed E-state index contributed by atoms with van der Waals surface area (Å²) in [5.41, 5.74) is 1.28. The number of hydrogen-bond donors (Lipinski definition) is 0. The maximum absolute atomic E-state index is 14.8. The lowest BCUT2D eigenvalue weighted by atomic mass is 10.1. The number of ketones is 1. The topological polar surface area (TPSA) is 51.2 Å². The second-order valence-electron chi connectivity index (χ2n) is 8.99. The molecule has 0 spiro atoms. The van der Waals surface area contributed by atoms with E-state index >= 15 is 0 Å². The molecule has 0 amide bonds. The summed E-state index contributed by atoms with van der Waals surface area (Å²) in [5, 5.41) is 2.40. The van der Waals surface area contributed by atoms with Gasteiger partial charge in [0.15, 0.2) is 0 Å². The third kappa shape index (κ3) is 4.58. The summed E-state index contributed by atoms with van der Waals surface area (Å²) in [6.45, 7) is -1.30. The quantitative estimate of drug-likeness (QED) is 0.197. The first-order chi connectivity index (χ1) is 18.5. The number of sulfone groups is 1. The molecule has 5 aromatic rings. The Morgan fingerprint density at radius 2 is 0.895 bits per heavy atom. The van der Waals surface area contributed by atoms with Gasteiger partial charge >= 0.3 is 0 Å². The molecule has 0 aliphatic carbocycles. The van der Waals surface area contributed by atoms with E-state index in [4.69, 9.17) is 0 Å². The van der Waals surface area contributed by atoms with Crippen molar-refractivity contribution in [1.82, 2.24) is 0 Å².